The first kappa shape index (κ1) is 22.0. The van der Waals surface area contributed by atoms with E-state index in [0.717, 1.165) is 5.69 Å². The number of likely N-dealkylation sites (tertiary alicyclic amines) is 1. The van der Waals surface area contributed by atoms with Gasteiger partial charge in [-0.25, -0.2) is 18.6 Å². The predicted octanol–water partition coefficient (Wildman–Crippen LogP) is 3.24. The minimum Gasteiger partial charge on any atom is -0.480 e. The Bertz CT molecular complexity index is 1290. The molecule has 0 unspecified atom stereocenters. The van der Waals surface area contributed by atoms with Crippen LogP contribution in [0.3, 0.4) is 0 Å². The topological polar surface area (TPSA) is 105 Å². The number of fused-ring (bicyclic) bond motifs is 1. The summed E-state index contributed by atoms with van der Waals surface area (Å²) in [7, 11) is 0. The Labute approximate surface area is 193 Å². The standard InChI is InChI=1S/C24H22F2N4O4/c25-24(26)8-11-29(12-9-24)21(32)17-13-16-5-10-30(19(16)27-14-17)18-3-1-15(2-4-18)20(31)28-23(6-7-23)22(33)34/h1-5,10,13-14H,6-9,11-12H2,(H,28,31)(H,33,34). The van der Waals surface area contributed by atoms with Crippen LogP contribution in [0.15, 0.2) is 48.8 Å². The average Bonchev–Trinajstić information content (AvgIpc) is 3.49. The van der Waals surface area contributed by atoms with Crippen LogP contribution >= 0.6 is 0 Å². The molecule has 1 aliphatic carbocycles. The van der Waals surface area contributed by atoms with E-state index in [1.807, 2.05) is 0 Å². The van der Waals surface area contributed by atoms with Gasteiger partial charge in [-0.05, 0) is 49.2 Å². The van der Waals surface area contributed by atoms with Gasteiger partial charge in [-0.15, -0.1) is 0 Å². The molecule has 2 N–H and O–H groups in total. The lowest BCUT2D eigenvalue weighted by Gasteiger charge is -2.31. The molecule has 10 heteroatoms. The number of hydrogen-bond acceptors (Lipinski definition) is 4. The first-order valence-corrected chi connectivity index (χ1v) is 11.0. The van der Waals surface area contributed by atoms with Crippen LogP contribution in [0.4, 0.5) is 8.78 Å². The van der Waals surface area contributed by atoms with Gasteiger partial charge < -0.3 is 19.9 Å². The Kier molecular flexibility index (Phi) is 5.11. The number of nitrogens with zero attached hydrogens (tertiary/aromatic N) is 3. The lowest BCUT2D eigenvalue weighted by molar-refractivity contribution is -0.140. The zero-order chi connectivity index (χ0) is 24.1. The largest absolute Gasteiger partial charge is 0.480 e. The molecule has 5 rings (SSSR count). The highest BCUT2D eigenvalue weighted by molar-refractivity contribution is 5.99. The Morgan fingerprint density at radius 2 is 1.65 bits per heavy atom. The number of benzene rings is 1. The molecule has 8 nitrogen and oxygen atoms in total. The number of piperidine rings is 1. The summed E-state index contributed by atoms with van der Waals surface area (Å²) in [4.78, 5) is 42.3. The van der Waals surface area contributed by atoms with E-state index in [-0.39, 0.29) is 31.8 Å². The van der Waals surface area contributed by atoms with Crippen LogP contribution in [-0.2, 0) is 4.79 Å². The molecule has 3 heterocycles. The van der Waals surface area contributed by atoms with Crippen molar-refractivity contribution in [1.29, 1.82) is 0 Å². The Balaban J connectivity index is 1.32. The van der Waals surface area contributed by atoms with Crippen LogP contribution < -0.4 is 5.32 Å². The van der Waals surface area contributed by atoms with Gasteiger partial charge in [-0.3, -0.25) is 9.59 Å². The average molecular weight is 468 g/mol. The van der Waals surface area contributed by atoms with Crippen molar-refractivity contribution in [2.24, 2.45) is 0 Å². The molecule has 0 bridgehead atoms. The number of carboxylic acids is 1. The molecule has 176 valence electrons. The van der Waals surface area contributed by atoms with Gasteiger partial charge >= 0.3 is 5.97 Å². The van der Waals surface area contributed by atoms with Crippen molar-refractivity contribution < 1.29 is 28.3 Å². The fourth-order valence-electron chi connectivity index (χ4n) is 4.15. The maximum Gasteiger partial charge on any atom is 0.329 e. The van der Waals surface area contributed by atoms with Crippen molar-refractivity contribution >= 4 is 28.8 Å². The van der Waals surface area contributed by atoms with Gasteiger partial charge in [-0.1, -0.05) is 0 Å². The molecule has 34 heavy (non-hydrogen) atoms. The fraction of sp³-hybridized carbons (Fsp3) is 0.333. The van der Waals surface area contributed by atoms with Crippen LogP contribution in [0.1, 0.15) is 46.4 Å². The van der Waals surface area contributed by atoms with Crippen molar-refractivity contribution in [3.05, 3.63) is 59.9 Å². The summed E-state index contributed by atoms with van der Waals surface area (Å²) in [5.74, 6) is -4.51. The number of amides is 2. The third-order valence-electron chi connectivity index (χ3n) is 6.48. The van der Waals surface area contributed by atoms with Gasteiger partial charge in [0, 0.05) is 55.0 Å². The van der Waals surface area contributed by atoms with Gasteiger partial charge in [0.05, 0.1) is 5.56 Å². The summed E-state index contributed by atoms with van der Waals surface area (Å²) >= 11 is 0. The number of pyridine rings is 1. The molecular weight excluding hydrogens is 446 g/mol. The number of hydrogen-bond donors (Lipinski definition) is 2. The van der Waals surface area contributed by atoms with E-state index in [9.17, 15) is 28.3 Å². The van der Waals surface area contributed by atoms with Gasteiger partial charge in [0.15, 0.2) is 0 Å². The van der Waals surface area contributed by atoms with Gasteiger partial charge in [0.1, 0.15) is 11.2 Å². The molecule has 2 aromatic heterocycles. The van der Waals surface area contributed by atoms with Gasteiger partial charge in [-0.2, -0.15) is 0 Å². The van der Waals surface area contributed by atoms with Crippen molar-refractivity contribution in [3.8, 4) is 5.69 Å². The number of carbonyl (C=O) groups is 3. The second kappa shape index (κ2) is 7.89. The van der Waals surface area contributed by atoms with E-state index in [1.54, 1.807) is 47.2 Å². The third kappa shape index (κ3) is 4.00. The number of rotatable bonds is 5. The van der Waals surface area contributed by atoms with Crippen molar-refractivity contribution in [3.63, 3.8) is 0 Å². The van der Waals surface area contributed by atoms with E-state index >= 15 is 0 Å². The summed E-state index contributed by atoms with van der Waals surface area (Å²) < 4.78 is 28.6. The summed E-state index contributed by atoms with van der Waals surface area (Å²) in [6.45, 7) is 0.0246. The van der Waals surface area contributed by atoms with Gasteiger partial charge in [0.25, 0.3) is 17.7 Å². The molecule has 1 aliphatic heterocycles. The Morgan fingerprint density at radius 1 is 0.971 bits per heavy atom. The maximum atomic E-state index is 13.4. The number of carbonyl (C=O) groups excluding carboxylic acids is 2. The molecule has 3 aromatic rings. The van der Waals surface area contributed by atoms with E-state index in [0.29, 0.717) is 35.0 Å². The highest BCUT2D eigenvalue weighted by Gasteiger charge is 2.51. The van der Waals surface area contributed by atoms with Gasteiger partial charge in [0.2, 0.25) is 0 Å². The first-order valence-electron chi connectivity index (χ1n) is 11.0. The SMILES string of the molecule is O=C(NC1(C(=O)O)CC1)c1ccc(-n2ccc3cc(C(=O)N4CCC(F)(F)CC4)cnc32)cc1. The van der Waals surface area contributed by atoms with Crippen LogP contribution in [0.5, 0.6) is 0 Å². The third-order valence-corrected chi connectivity index (χ3v) is 6.48. The number of carboxylic acid groups (broad SMARTS) is 1. The molecular formula is C24H22F2N4O4. The van der Waals surface area contributed by atoms with Crippen molar-refractivity contribution in [2.45, 2.75) is 37.1 Å². The molecule has 1 saturated heterocycles. The number of alkyl halides is 2. The second-order valence-electron chi connectivity index (χ2n) is 8.86. The minimum atomic E-state index is -2.72. The van der Waals surface area contributed by atoms with Crippen molar-refractivity contribution in [1.82, 2.24) is 19.8 Å². The quantitative estimate of drug-likeness (QED) is 0.598. The number of aromatic nitrogens is 2. The first-order chi connectivity index (χ1) is 16.2. The number of nitrogens with one attached hydrogen (secondary N) is 1. The predicted molar refractivity (Wildman–Crippen MR) is 118 cm³/mol. The highest BCUT2D eigenvalue weighted by atomic mass is 19.3. The van der Waals surface area contributed by atoms with E-state index in [2.05, 4.69) is 10.3 Å². The zero-order valence-corrected chi connectivity index (χ0v) is 18.1. The molecule has 0 atom stereocenters. The van der Waals surface area contributed by atoms with Crippen LogP contribution in [0.2, 0.25) is 0 Å². The van der Waals surface area contributed by atoms with Crippen LogP contribution in [-0.4, -0.2) is 61.9 Å². The normalized spacial score (nSPS) is 18.5. The summed E-state index contributed by atoms with van der Waals surface area (Å²) in [5, 5.41) is 12.5. The van der Waals surface area contributed by atoms with Crippen LogP contribution in [0, 0.1) is 0 Å². The monoisotopic (exact) mass is 468 g/mol. The summed E-state index contributed by atoms with van der Waals surface area (Å²) in [6, 6.07) is 10.2. The highest BCUT2D eigenvalue weighted by Crippen LogP contribution is 2.36. The second-order valence-corrected chi connectivity index (χ2v) is 8.86. The summed E-state index contributed by atoms with van der Waals surface area (Å²) in [5.41, 5.74) is 0.869. The molecule has 0 spiro atoms. The minimum absolute atomic E-state index is 0.0123. The maximum absolute atomic E-state index is 13.4. The molecule has 1 aromatic carbocycles. The lowest BCUT2D eigenvalue weighted by Crippen LogP contribution is -2.43. The molecule has 2 fully saturated rings. The molecule has 2 aliphatic rings. The lowest BCUT2D eigenvalue weighted by atomic mass is 10.1. The Morgan fingerprint density at radius 3 is 2.26 bits per heavy atom. The van der Waals surface area contributed by atoms with E-state index < -0.39 is 23.3 Å². The Hall–Kier alpha value is -3.82. The summed E-state index contributed by atoms with van der Waals surface area (Å²) in [6.07, 6.45) is 3.39. The van der Waals surface area contributed by atoms with Crippen LogP contribution in [0.25, 0.3) is 16.7 Å². The van der Waals surface area contributed by atoms with E-state index in [1.165, 1.54) is 11.1 Å². The number of halogens is 2. The van der Waals surface area contributed by atoms with E-state index in [4.69, 9.17) is 0 Å². The smallest absolute Gasteiger partial charge is 0.329 e. The number of aliphatic carboxylic acids is 1. The zero-order valence-electron chi connectivity index (χ0n) is 18.1. The molecule has 1 saturated carbocycles. The molecule has 0 radical (unpaired) electrons. The fourth-order valence-corrected chi connectivity index (χ4v) is 4.15. The molecule has 2 amide bonds. The van der Waals surface area contributed by atoms with Crippen molar-refractivity contribution in [2.75, 3.05) is 13.1 Å².